The first kappa shape index (κ1) is 24.2. The van der Waals surface area contributed by atoms with Gasteiger partial charge in [0.25, 0.3) is 5.91 Å². The summed E-state index contributed by atoms with van der Waals surface area (Å²) in [5.41, 5.74) is 2.13. The zero-order valence-electron chi connectivity index (χ0n) is 16.7. The topological polar surface area (TPSA) is 35.6 Å². The van der Waals surface area contributed by atoms with Crippen LogP contribution in [0.15, 0.2) is 24.3 Å². The number of likely N-dealkylation sites (tertiary alicyclic amines) is 1. The predicted molar refractivity (Wildman–Crippen MR) is 117 cm³/mol. The summed E-state index contributed by atoms with van der Waals surface area (Å²) in [6.07, 6.45) is 3.46. The SMILES string of the molecule is CCCN(CC)Cc1ccc(C(=O)N2CC[C@@H]3CNC[C@@H]3CC2)cc1.Cl.Cl. The van der Waals surface area contributed by atoms with E-state index in [2.05, 4.69) is 41.1 Å². The molecule has 0 unspecified atom stereocenters. The van der Waals surface area contributed by atoms with Gasteiger partial charge in [-0.2, -0.15) is 0 Å². The lowest BCUT2D eigenvalue weighted by Crippen LogP contribution is -2.32. The van der Waals surface area contributed by atoms with E-state index in [1.807, 2.05) is 12.1 Å². The number of halogens is 2. The van der Waals surface area contributed by atoms with E-state index in [1.165, 1.54) is 12.0 Å². The van der Waals surface area contributed by atoms with E-state index in [0.717, 1.165) is 76.1 Å². The molecular weight excluding hydrogens is 381 g/mol. The van der Waals surface area contributed by atoms with Crippen molar-refractivity contribution < 1.29 is 4.79 Å². The summed E-state index contributed by atoms with van der Waals surface area (Å²) >= 11 is 0. The van der Waals surface area contributed by atoms with Crippen LogP contribution in [-0.4, -0.2) is 55.0 Å². The first-order chi connectivity index (χ1) is 12.2. The third-order valence-corrected chi connectivity index (χ3v) is 5.90. The Balaban J connectivity index is 0.00000182. The summed E-state index contributed by atoms with van der Waals surface area (Å²) < 4.78 is 0. The van der Waals surface area contributed by atoms with E-state index in [0.29, 0.717) is 0 Å². The summed E-state index contributed by atoms with van der Waals surface area (Å²) in [4.78, 5) is 17.4. The Morgan fingerprint density at radius 1 is 1.07 bits per heavy atom. The highest BCUT2D eigenvalue weighted by atomic mass is 35.5. The Kier molecular flexibility index (Phi) is 10.7. The van der Waals surface area contributed by atoms with Crippen molar-refractivity contribution in [1.82, 2.24) is 15.1 Å². The lowest BCUT2D eigenvalue weighted by molar-refractivity contribution is 0.0758. The highest BCUT2D eigenvalue weighted by molar-refractivity contribution is 5.94. The number of nitrogens with one attached hydrogen (secondary N) is 1. The van der Waals surface area contributed by atoms with Gasteiger partial charge in [0.05, 0.1) is 0 Å². The molecule has 4 nitrogen and oxygen atoms in total. The van der Waals surface area contributed by atoms with Gasteiger partial charge in [-0.05, 0) is 75.0 Å². The van der Waals surface area contributed by atoms with Gasteiger partial charge in [-0.1, -0.05) is 26.0 Å². The minimum Gasteiger partial charge on any atom is -0.339 e. The molecule has 1 aromatic rings. The zero-order chi connectivity index (χ0) is 17.6. The number of amides is 1. The van der Waals surface area contributed by atoms with Crippen LogP contribution >= 0.6 is 24.8 Å². The van der Waals surface area contributed by atoms with E-state index in [-0.39, 0.29) is 30.7 Å². The van der Waals surface area contributed by atoms with Crippen LogP contribution in [-0.2, 0) is 6.54 Å². The fraction of sp³-hybridized carbons (Fsp3) is 0.667. The number of nitrogens with zero attached hydrogens (tertiary/aromatic N) is 2. The number of hydrogen-bond donors (Lipinski definition) is 1. The van der Waals surface area contributed by atoms with Crippen LogP contribution in [0.2, 0.25) is 0 Å². The highest BCUT2D eigenvalue weighted by Crippen LogP contribution is 2.27. The molecule has 2 heterocycles. The van der Waals surface area contributed by atoms with Gasteiger partial charge in [-0.15, -0.1) is 24.8 Å². The van der Waals surface area contributed by atoms with Crippen molar-refractivity contribution in [2.45, 2.75) is 39.7 Å². The number of benzene rings is 1. The second kappa shape index (κ2) is 11.9. The van der Waals surface area contributed by atoms with E-state index in [9.17, 15) is 4.79 Å². The van der Waals surface area contributed by atoms with Crippen molar-refractivity contribution in [3.05, 3.63) is 35.4 Å². The average molecular weight is 416 g/mol. The maximum absolute atomic E-state index is 12.9. The molecule has 2 aliphatic heterocycles. The first-order valence-corrected chi connectivity index (χ1v) is 10.0. The summed E-state index contributed by atoms with van der Waals surface area (Å²) in [6.45, 7) is 11.7. The van der Waals surface area contributed by atoms with Crippen molar-refractivity contribution in [3.8, 4) is 0 Å². The molecule has 0 aromatic heterocycles. The van der Waals surface area contributed by atoms with Gasteiger partial charge in [-0.3, -0.25) is 9.69 Å². The molecular formula is C21H35Cl2N3O. The van der Waals surface area contributed by atoms with E-state index < -0.39 is 0 Å². The molecule has 0 saturated carbocycles. The molecule has 154 valence electrons. The van der Waals surface area contributed by atoms with Crippen molar-refractivity contribution >= 4 is 30.7 Å². The van der Waals surface area contributed by atoms with Crippen LogP contribution in [0.4, 0.5) is 0 Å². The van der Waals surface area contributed by atoms with E-state index in [4.69, 9.17) is 0 Å². The Hall–Kier alpha value is -0.810. The van der Waals surface area contributed by atoms with Crippen LogP contribution in [0.5, 0.6) is 0 Å². The van der Waals surface area contributed by atoms with Crippen LogP contribution in [0.25, 0.3) is 0 Å². The zero-order valence-corrected chi connectivity index (χ0v) is 18.3. The molecule has 1 amide bonds. The Morgan fingerprint density at radius 3 is 2.19 bits per heavy atom. The van der Waals surface area contributed by atoms with E-state index >= 15 is 0 Å². The third-order valence-electron chi connectivity index (χ3n) is 5.90. The van der Waals surface area contributed by atoms with Crippen LogP contribution in [0.1, 0.15) is 49.0 Å². The van der Waals surface area contributed by atoms with E-state index in [1.54, 1.807) is 0 Å². The number of hydrogen-bond acceptors (Lipinski definition) is 3. The molecule has 0 radical (unpaired) electrons. The second-order valence-corrected chi connectivity index (χ2v) is 7.61. The summed E-state index contributed by atoms with van der Waals surface area (Å²) in [7, 11) is 0. The van der Waals surface area contributed by atoms with Crippen LogP contribution in [0.3, 0.4) is 0 Å². The quantitative estimate of drug-likeness (QED) is 0.766. The molecule has 1 aromatic carbocycles. The molecule has 2 fully saturated rings. The third kappa shape index (κ3) is 6.35. The van der Waals surface area contributed by atoms with Crippen LogP contribution < -0.4 is 5.32 Å². The molecule has 6 heteroatoms. The smallest absolute Gasteiger partial charge is 0.253 e. The normalized spacial score (nSPS) is 21.8. The minimum absolute atomic E-state index is 0. The summed E-state index contributed by atoms with van der Waals surface area (Å²) in [5, 5.41) is 3.50. The van der Waals surface area contributed by atoms with Crippen LogP contribution in [0, 0.1) is 11.8 Å². The van der Waals surface area contributed by atoms with Crippen molar-refractivity contribution in [2.75, 3.05) is 39.3 Å². The molecule has 27 heavy (non-hydrogen) atoms. The Morgan fingerprint density at radius 2 is 1.67 bits per heavy atom. The van der Waals surface area contributed by atoms with Crippen molar-refractivity contribution in [3.63, 3.8) is 0 Å². The second-order valence-electron chi connectivity index (χ2n) is 7.61. The Bertz CT molecular complexity index is 553. The molecule has 1 N–H and O–H groups in total. The summed E-state index contributed by atoms with van der Waals surface area (Å²) in [6, 6.07) is 8.29. The van der Waals surface area contributed by atoms with Crippen molar-refractivity contribution in [2.24, 2.45) is 11.8 Å². The van der Waals surface area contributed by atoms with Gasteiger partial charge in [-0.25, -0.2) is 0 Å². The van der Waals surface area contributed by atoms with Gasteiger partial charge < -0.3 is 10.2 Å². The largest absolute Gasteiger partial charge is 0.339 e. The number of rotatable bonds is 6. The molecule has 0 aliphatic carbocycles. The minimum atomic E-state index is 0. The number of carbonyl (C=O) groups excluding carboxylic acids is 1. The number of fused-ring (bicyclic) bond motifs is 1. The highest BCUT2D eigenvalue weighted by Gasteiger charge is 2.31. The number of carbonyl (C=O) groups is 1. The lowest BCUT2D eigenvalue weighted by Gasteiger charge is -2.22. The first-order valence-electron chi connectivity index (χ1n) is 10.0. The van der Waals surface area contributed by atoms with Gasteiger partial charge in [0.2, 0.25) is 0 Å². The predicted octanol–water partition coefficient (Wildman–Crippen LogP) is 3.83. The lowest BCUT2D eigenvalue weighted by atomic mass is 9.92. The fourth-order valence-electron chi connectivity index (χ4n) is 4.28. The maximum atomic E-state index is 12.9. The Labute approximate surface area is 176 Å². The average Bonchev–Trinajstić information content (AvgIpc) is 3.00. The van der Waals surface area contributed by atoms with Gasteiger partial charge in [0, 0.05) is 25.2 Å². The molecule has 2 aliphatic rings. The molecule has 2 saturated heterocycles. The molecule has 0 bridgehead atoms. The van der Waals surface area contributed by atoms with Gasteiger partial charge in [0.1, 0.15) is 0 Å². The molecule has 0 spiro atoms. The fourth-order valence-corrected chi connectivity index (χ4v) is 4.28. The van der Waals surface area contributed by atoms with Gasteiger partial charge >= 0.3 is 0 Å². The molecule has 3 rings (SSSR count). The summed E-state index contributed by atoms with van der Waals surface area (Å²) in [5.74, 6) is 1.73. The monoisotopic (exact) mass is 415 g/mol. The maximum Gasteiger partial charge on any atom is 0.253 e. The standard InChI is InChI=1S/C21H33N3O.2ClH/c1-3-11-23(4-2)16-17-5-7-18(8-6-17)21(25)24-12-9-19-14-22-15-20(19)10-13-24;;/h5-8,19-20,22H,3-4,9-16H2,1-2H3;2*1H/t19-,20+;;. The van der Waals surface area contributed by atoms with Gasteiger partial charge in [0.15, 0.2) is 0 Å². The van der Waals surface area contributed by atoms with Crippen molar-refractivity contribution in [1.29, 1.82) is 0 Å². The molecule has 2 atom stereocenters.